The van der Waals surface area contributed by atoms with Crippen molar-refractivity contribution in [1.29, 1.82) is 0 Å². The highest BCUT2D eigenvalue weighted by Crippen LogP contribution is 2.26. The van der Waals surface area contributed by atoms with Crippen LogP contribution in [0.2, 0.25) is 0 Å². The van der Waals surface area contributed by atoms with E-state index in [9.17, 15) is 9.90 Å². The zero-order valence-electron chi connectivity index (χ0n) is 21.1. The average Bonchev–Trinajstić information content (AvgIpc) is 3.34. The summed E-state index contributed by atoms with van der Waals surface area (Å²) in [6.45, 7) is 6.77. The van der Waals surface area contributed by atoms with Crippen molar-refractivity contribution in [3.05, 3.63) is 70.4 Å². The molecule has 192 valence electrons. The van der Waals surface area contributed by atoms with E-state index in [0.29, 0.717) is 27.2 Å². The lowest BCUT2D eigenvalue weighted by Crippen LogP contribution is -2.29. The van der Waals surface area contributed by atoms with Crippen molar-refractivity contribution < 1.29 is 24.1 Å². The van der Waals surface area contributed by atoms with Crippen molar-refractivity contribution in [2.45, 2.75) is 32.3 Å². The van der Waals surface area contributed by atoms with E-state index in [2.05, 4.69) is 26.1 Å². The molecule has 0 saturated heterocycles. The van der Waals surface area contributed by atoms with E-state index in [1.807, 2.05) is 49.5 Å². The minimum absolute atomic E-state index is 0.0653. The molecule has 1 aromatic heterocycles. The van der Waals surface area contributed by atoms with Crippen LogP contribution >= 0.6 is 23.6 Å². The fourth-order valence-corrected chi connectivity index (χ4v) is 4.25. The Bertz CT molecular complexity index is 1170. The van der Waals surface area contributed by atoms with Crippen LogP contribution in [0.5, 0.6) is 11.5 Å². The first-order valence-corrected chi connectivity index (χ1v) is 12.7. The Labute approximate surface area is 221 Å². The zero-order chi connectivity index (χ0) is 26.3. The molecule has 0 fully saturated rings. The Kier molecular flexibility index (Phi) is 9.31. The summed E-state index contributed by atoms with van der Waals surface area (Å²) in [5, 5.41) is 15.5. The molecule has 0 saturated carbocycles. The molecule has 0 aliphatic rings. The molecule has 3 rings (SSSR count). The number of thiophene rings is 1. The third-order valence-electron chi connectivity index (χ3n) is 5.41. The van der Waals surface area contributed by atoms with Crippen LogP contribution in [0.3, 0.4) is 0 Å². The molecule has 0 radical (unpaired) electrons. The first-order chi connectivity index (χ1) is 17.1. The van der Waals surface area contributed by atoms with Crippen LogP contribution in [-0.2, 0) is 10.2 Å². The van der Waals surface area contributed by atoms with Crippen LogP contribution in [0.25, 0.3) is 0 Å². The van der Waals surface area contributed by atoms with Crippen molar-refractivity contribution in [3.8, 4) is 11.5 Å². The van der Waals surface area contributed by atoms with Gasteiger partial charge in [-0.1, -0.05) is 39.0 Å². The van der Waals surface area contributed by atoms with Crippen molar-refractivity contribution in [2.75, 3.05) is 37.5 Å². The number of anilines is 2. The Morgan fingerprint density at radius 2 is 1.86 bits per heavy atom. The number of ether oxygens (including phenoxy) is 3. The topological polar surface area (TPSA) is 80.3 Å². The predicted molar refractivity (Wildman–Crippen MR) is 149 cm³/mol. The number of aliphatic hydroxyl groups excluding tert-OH is 1. The lowest BCUT2D eigenvalue weighted by atomic mass is 9.87. The van der Waals surface area contributed by atoms with Crippen LogP contribution in [0.1, 0.15) is 36.0 Å². The molecule has 2 N–H and O–H groups in total. The summed E-state index contributed by atoms with van der Waals surface area (Å²) >= 11 is 6.77. The summed E-state index contributed by atoms with van der Waals surface area (Å²) in [5.41, 5.74) is 2.69. The third-order valence-corrected chi connectivity index (χ3v) is 6.66. The molecule has 1 unspecified atom stereocenters. The molecule has 9 heteroatoms. The van der Waals surface area contributed by atoms with Gasteiger partial charge < -0.3 is 29.5 Å². The van der Waals surface area contributed by atoms with Crippen LogP contribution in [0, 0.1) is 0 Å². The largest absolute Gasteiger partial charge is 0.491 e. The highest BCUT2D eigenvalue weighted by Gasteiger charge is 2.16. The molecule has 7 nitrogen and oxygen atoms in total. The van der Waals surface area contributed by atoms with Crippen LogP contribution < -0.4 is 19.7 Å². The van der Waals surface area contributed by atoms with Gasteiger partial charge in [-0.15, -0.1) is 11.3 Å². The van der Waals surface area contributed by atoms with Gasteiger partial charge in [0.25, 0.3) is 5.17 Å². The van der Waals surface area contributed by atoms with Gasteiger partial charge in [-0.25, -0.2) is 4.79 Å². The van der Waals surface area contributed by atoms with Crippen molar-refractivity contribution >= 4 is 46.1 Å². The van der Waals surface area contributed by atoms with E-state index in [0.717, 1.165) is 5.69 Å². The van der Waals surface area contributed by atoms with Gasteiger partial charge in [-0.3, -0.25) is 0 Å². The van der Waals surface area contributed by atoms with E-state index in [4.69, 9.17) is 26.4 Å². The van der Waals surface area contributed by atoms with Gasteiger partial charge in [0, 0.05) is 25.3 Å². The Balaban J connectivity index is 1.53. The zero-order valence-corrected chi connectivity index (χ0v) is 22.7. The second-order valence-corrected chi connectivity index (χ2v) is 10.5. The fraction of sp³-hybridized carbons (Fsp3) is 0.333. The van der Waals surface area contributed by atoms with E-state index in [1.54, 1.807) is 22.4 Å². The SMILES string of the molecule is COC(=O)c1sccc1NCC(O)COc1cccc(N(C)C(=S)Oc2ccc(C(C)(C)C)cc2)c1. The molecule has 0 amide bonds. The summed E-state index contributed by atoms with van der Waals surface area (Å²) in [7, 11) is 3.16. The monoisotopic (exact) mass is 528 g/mol. The van der Waals surface area contributed by atoms with Crippen LogP contribution in [0.15, 0.2) is 60.0 Å². The number of nitrogens with one attached hydrogen (secondary N) is 1. The predicted octanol–water partition coefficient (Wildman–Crippen LogP) is 5.48. The summed E-state index contributed by atoms with van der Waals surface area (Å²) < 4.78 is 16.4. The van der Waals surface area contributed by atoms with Crippen LogP contribution in [-0.4, -0.2) is 49.7 Å². The number of carbonyl (C=O) groups is 1. The van der Waals surface area contributed by atoms with Crippen molar-refractivity contribution in [1.82, 2.24) is 0 Å². The minimum Gasteiger partial charge on any atom is -0.491 e. The van der Waals surface area contributed by atoms with E-state index >= 15 is 0 Å². The maximum Gasteiger partial charge on any atom is 0.350 e. The number of aliphatic hydroxyl groups is 1. The first kappa shape index (κ1) is 27.4. The average molecular weight is 529 g/mol. The number of methoxy groups -OCH3 is 1. The Morgan fingerprint density at radius 1 is 1.14 bits per heavy atom. The van der Waals surface area contributed by atoms with Gasteiger partial charge in [0.15, 0.2) is 0 Å². The number of thiocarbonyl (C=S) groups is 1. The van der Waals surface area contributed by atoms with Crippen molar-refractivity contribution in [3.63, 3.8) is 0 Å². The number of hydrogen-bond donors (Lipinski definition) is 2. The first-order valence-electron chi connectivity index (χ1n) is 11.4. The maximum absolute atomic E-state index is 11.8. The van der Waals surface area contributed by atoms with E-state index in [1.165, 1.54) is 24.0 Å². The molecular weight excluding hydrogens is 496 g/mol. The second-order valence-electron chi connectivity index (χ2n) is 9.20. The Morgan fingerprint density at radius 3 is 2.53 bits per heavy atom. The molecular formula is C27H32N2O5S2. The summed E-state index contributed by atoms with van der Waals surface area (Å²) in [4.78, 5) is 14.0. The van der Waals surface area contributed by atoms with Crippen LogP contribution in [0.4, 0.5) is 11.4 Å². The minimum atomic E-state index is -0.794. The van der Waals surface area contributed by atoms with Gasteiger partial charge in [-0.05, 0) is 58.9 Å². The third kappa shape index (κ3) is 7.43. The van der Waals surface area contributed by atoms with Gasteiger partial charge >= 0.3 is 5.97 Å². The lowest BCUT2D eigenvalue weighted by molar-refractivity contribution is 0.0607. The number of hydrogen-bond acceptors (Lipinski definition) is 8. The van der Waals surface area contributed by atoms with Crippen molar-refractivity contribution in [2.24, 2.45) is 0 Å². The molecule has 3 aromatic rings. The van der Waals surface area contributed by atoms with E-state index < -0.39 is 12.1 Å². The lowest BCUT2D eigenvalue weighted by Gasteiger charge is -2.22. The number of benzene rings is 2. The van der Waals surface area contributed by atoms with Gasteiger partial charge in [0.1, 0.15) is 29.1 Å². The standard InChI is InChI=1S/C27H32N2O5S2/c1-27(2,3)18-9-11-21(12-10-18)34-26(35)29(4)19-7-6-8-22(15-19)33-17-20(30)16-28-23-13-14-36-24(23)25(31)32-5/h6-15,20,28,30H,16-17H2,1-5H3. The molecule has 36 heavy (non-hydrogen) atoms. The number of esters is 1. The fourth-order valence-electron chi connectivity index (χ4n) is 3.26. The quantitative estimate of drug-likeness (QED) is 0.279. The highest BCUT2D eigenvalue weighted by atomic mass is 32.1. The molecule has 1 atom stereocenters. The summed E-state index contributed by atoms with van der Waals surface area (Å²) in [5.74, 6) is 0.841. The number of rotatable bonds is 9. The second kappa shape index (κ2) is 12.2. The molecule has 0 bridgehead atoms. The normalized spacial score (nSPS) is 11.9. The maximum atomic E-state index is 11.8. The molecule has 2 aromatic carbocycles. The Hall–Kier alpha value is -3.14. The van der Waals surface area contributed by atoms with Gasteiger partial charge in [0.2, 0.25) is 0 Å². The van der Waals surface area contributed by atoms with E-state index in [-0.39, 0.29) is 18.6 Å². The van der Waals surface area contributed by atoms with Gasteiger partial charge in [-0.2, -0.15) is 0 Å². The molecule has 0 aliphatic carbocycles. The molecule has 0 aliphatic heterocycles. The molecule has 0 spiro atoms. The smallest absolute Gasteiger partial charge is 0.350 e. The molecule has 1 heterocycles. The highest BCUT2D eigenvalue weighted by molar-refractivity contribution is 7.80. The summed E-state index contributed by atoms with van der Waals surface area (Å²) in [6, 6.07) is 17.1. The number of carbonyl (C=O) groups excluding carboxylic acids is 1. The van der Waals surface area contributed by atoms with Gasteiger partial charge in [0.05, 0.1) is 12.8 Å². The summed E-state index contributed by atoms with van der Waals surface area (Å²) in [6.07, 6.45) is -0.794. The number of nitrogens with zero attached hydrogens (tertiary/aromatic N) is 1.